The van der Waals surface area contributed by atoms with Crippen LogP contribution in [0.4, 0.5) is 0 Å². The lowest BCUT2D eigenvalue weighted by Crippen LogP contribution is -2.50. The highest BCUT2D eigenvalue weighted by molar-refractivity contribution is 5.88. The molecular formula is C18H22N2O. The van der Waals surface area contributed by atoms with Crippen LogP contribution in [-0.4, -0.2) is 35.3 Å². The lowest BCUT2D eigenvalue weighted by molar-refractivity contribution is -0.113. The van der Waals surface area contributed by atoms with E-state index >= 15 is 0 Å². The third-order valence-corrected chi connectivity index (χ3v) is 5.31. The molecule has 2 aromatic rings. The number of fused-ring (bicyclic) bond motifs is 2. The number of aromatic amines is 1. The Bertz CT molecular complexity index is 675. The zero-order valence-electron chi connectivity index (χ0n) is 12.5. The van der Waals surface area contributed by atoms with E-state index in [4.69, 9.17) is 0 Å². The van der Waals surface area contributed by atoms with Crippen molar-refractivity contribution >= 4 is 17.2 Å². The molecule has 0 amide bonds. The van der Waals surface area contributed by atoms with Crippen molar-refractivity contribution in [3.63, 3.8) is 0 Å². The molecule has 4 rings (SSSR count). The van der Waals surface area contributed by atoms with E-state index in [2.05, 4.69) is 41.2 Å². The Balaban J connectivity index is 1.81. The molecule has 3 atom stereocenters. The number of nitrogens with one attached hydrogen (secondary N) is 1. The summed E-state index contributed by atoms with van der Waals surface area (Å²) in [6, 6.07) is 7.14. The van der Waals surface area contributed by atoms with Gasteiger partial charge in [0.15, 0.2) is 0 Å². The van der Waals surface area contributed by atoms with Crippen LogP contribution in [0.3, 0.4) is 0 Å². The maximum atomic E-state index is 11.4. The topological polar surface area (TPSA) is 36.1 Å². The van der Waals surface area contributed by atoms with Gasteiger partial charge >= 0.3 is 0 Å². The zero-order chi connectivity index (χ0) is 14.4. The summed E-state index contributed by atoms with van der Waals surface area (Å²) < 4.78 is 0. The number of benzene rings is 1. The van der Waals surface area contributed by atoms with Crippen molar-refractivity contribution in [2.45, 2.75) is 38.1 Å². The van der Waals surface area contributed by atoms with Gasteiger partial charge < -0.3 is 9.78 Å². The van der Waals surface area contributed by atoms with Gasteiger partial charge in [0.25, 0.3) is 0 Å². The average Bonchev–Trinajstić information content (AvgIpc) is 2.93. The summed E-state index contributed by atoms with van der Waals surface area (Å²) in [5, 5.41) is 1.42. The Hall–Kier alpha value is -1.61. The van der Waals surface area contributed by atoms with Crippen molar-refractivity contribution < 1.29 is 4.79 Å². The van der Waals surface area contributed by atoms with Gasteiger partial charge in [-0.3, -0.25) is 4.90 Å². The third kappa shape index (κ3) is 1.95. The predicted octanol–water partition coefficient (Wildman–Crippen LogP) is 3.11. The van der Waals surface area contributed by atoms with Gasteiger partial charge in [0.2, 0.25) is 0 Å². The van der Waals surface area contributed by atoms with Crippen molar-refractivity contribution in [1.82, 2.24) is 9.88 Å². The fraction of sp³-hybridized carbons (Fsp3) is 0.500. The molecule has 0 saturated carbocycles. The lowest BCUT2D eigenvalue weighted by Gasteiger charge is -2.46. The summed E-state index contributed by atoms with van der Waals surface area (Å²) in [5.41, 5.74) is 4.15. The van der Waals surface area contributed by atoms with Gasteiger partial charge in [0.05, 0.1) is 0 Å². The van der Waals surface area contributed by atoms with Gasteiger partial charge in [-0.1, -0.05) is 19.1 Å². The Morgan fingerprint density at radius 3 is 3.14 bits per heavy atom. The smallest absolute Gasteiger partial charge is 0.124 e. The van der Waals surface area contributed by atoms with E-state index in [0.29, 0.717) is 12.0 Å². The van der Waals surface area contributed by atoms with Gasteiger partial charge in [-0.05, 0) is 43.0 Å². The molecule has 3 nitrogen and oxygen atoms in total. The molecule has 1 aromatic heterocycles. The maximum Gasteiger partial charge on any atom is 0.124 e. The van der Waals surface area contributed by atoms with Crippen molar-refractivity contribution in [3.05, 3.63) is 35.5 Å². The average molecular weight is 282 g/mol. The second kappa shape index (κ2) is 4.99. The first-order valence-electron chi connectivity index (χ1n) is 8.10. The first kappa shape index (κ1) is 13.1. The van der Waals surface area contributed by atoms with Gasteiger partial charge in [0, 0.05) is 41.5 Å². The maximum absolute atomic E-state index is 11.4. The monoisotopic (exact) mass is 282 g/mol. The minimum atomic E-state index is 0.188. The summed E-state index contributed by atoms with van der Waals surface area (Å²) >= 11 is 0. The quantitative estimate of drug-likeness (QED) is 0.878. The van der Waals surface area contributed by atoms with E-state index in [0.717, 1.165) is 32.4 Å². The van der Waals surface area contributed by atoms with Crippen LogP contribution in [0.5, 0.6) is 0 Å². The van der Waals surface area contributed by atoms with Crippen LogP contribution in [0.2, 0.25) is 0 Å². The van der Waals surface area contributed by atoms with Crippen LogP contribution < -0.4 is 0 Å². The molecule has 0 radical (unpaired) electrons. The number of hydrogen-bond donors (Lipinski definition) is 1. The summed E-state index contributed by atoms with van der Waals surface area (Å²) in [7, 11) is 0. The lowest BCUT2D eigenvalue weighted by atomic mass is 9.72. The van der Waals surface area contributed by atoms with Gasteiger partial charge in [-0.2, -0.15) is 0 Å². The summed E-state index contributed by atoms with van der Waals surface area (Å²) in [6.07, 6.45) is 6.64. The second-order valence-electron chi connectivity index (χ2n) is 6.59. The number of H-pyrrole nitrogens is 1. The second-order valence-corrected chi connectivity index (χ2v) is 6.59. The van der Waals surface area contributed by atoms with Gasteiger partial charge in [-0.15, -0.1) is 0 Å². The molecule has 1 aliphatic carbocycles. The highest BCUT2D eigenvalue weighted by Crippen LogP contribution is 2.44. The number of piperidine rings is 1. The highest BCUT2D eigenvalue weighted by atomic mass is 16.1. The number of rotatable bonds is 3. The molecule has 1 aromatic carbocycles. The number of hydrogen-bond acceptors (Lipinski definition) is 2. The van der Waals surface area contributed by atoms with Crippen LogP contribution in [0.15, 0.2) is 24.4 Å². The van der Waals surface area contributed by atoms with E-state index in [1.165, 1.54) is 28.3 Å². The summed E-state index contributed by atoms with van der Waals surface area (Å²) in [6.45, 7) is 4.26. The molecule has 1 fully saturated rings. The molecule has 2 aliphatic rings. The SMILES string of the molecule is CCCN1CC(C=O)C[C@@H]2c3cccc4[nH]cc(c34)C[C@H]21. The molecule has 110 valence electrons. The molecule has 1 aliphatic heterocycles. The first-order chi connectivity index (χ1) is 10.3. The first-order valence-corrected chi connectivity index (χ1v) is 8.10. The molecule has 1 saturated heterocycles. The Morgan fingerprint density at radius 1 is 1.43 bits per heavy atom. The van der Waals surface area contributed by atoms with E-state index < -0.39 is 0 Å². The van der Waals surface area contributed by atoms with Crippen LogP contribution in [0, 0.1) is 5.92 Å². The van der Waals surface area contributed by atoms with Crippen molar-refractivity contribution in [1.29, 1.82) is 0 Å². The minimum Gasteiger partial charge on any atom is -0.361 e. The van der Waals surface area contributed by atoms with Crippen LogP contribution >= 0.6 is 0 Å². The van der Waals surface area contributed by atoms with Crippen LogP contribution in [0.25, 0.3) is 10.9 Å². The predicted molar refractivity (Wildman–Crippen MR) is 84.6 cm³/mol. The Labute approximate surface area is 125 Å². The number of aromatic nitrogens is 1. The summed E-state index contributed by atoms with van der Waals surface area (Å²) in [4.78, 5) is 17.4. The van der Waals surface area contributed by atoms with Crippen molar-refractivity contribution in [3.8, 4) is 0 Å². The zero-order valence-corrected chi connectivity index (χ0v) is 12.5. The molecule has 21 heavy (non-hydrogen) atoms. The van der Waals surface area contributed by atoms with E-state index in [1.54, 1.807) is 0 Å². The molecule has 0 spiro atoms. The molecule has 3 heteroatoms. The van der Waals surface area contributed by atoms with Crippen molar-refractivity contribution in [2.75, 3.05) is 13.1 Å². The minimum absolute atomic E-state index is 0.188. The third-order valence-electron chi connectivity index (χ3n) is 5.31. The highest BCUT2D eigenvalue weighted by Gasteiger charge is 2.40. The number of carbonyl (C=O) groups is 1. The standard InChI is InChI=1S/C18H22N2O/c1-2-6-20-10-12(11-21)7-15-14-4-3-5-16-18(14)13(9-19-16)8-17(15)20/h3-5,9,11-12,15,17,19H,2,6-8,10H2,1H3/t12?,15-,17-/m1/s1. The fourth-order valence-electron chi connectivity index (χ4n) is 4.48. The van der Waals surface area contributed by atoms with Gasteiger partial charge in [-0.25, -0.2) is 0 Å². The van der Waals surface area contributed by atoms with E-state index in [1.807, 2.05) is 0 Å². The van der Waals surface area contributed by atoms with Crippen molar-refractivity contribution in [2.24, 2.45) is 5.92 Å². The van der Waals surface area contributed by atoms with Gasteiger partial charge in [0.1, 0.15) is 6.29 Å². The fourth-order valence-corrected chi connectivity index (χ4v) is 4.48. The normalized spacial score (nSPS) is 28.5. The number of carbonyl (C=O) groups excluding carboxylic acids is 1. The van der Waals surface area contributed by atoms with E-state index in [9.17, 15) is 4.79 Å². The number of nitrogens with zero attached hydrogens (tertiary/aromatic N) is 1. The molecule has 1 unspecified atom stereocenters. The van der Waals surface area contributed by atoms with E-state index in [-0.39, 0.29) is 5.92 Å². The number of aldehydes is 1. The summed E-state index contributed by atoms with van der Waals surface area (Å²) in [5.74, 6) is 0.695. The number of likely N-dealkylation sites (tertiary alicyclic amines) is 1. The Morgan fingerprint density at radius 2 is 2.33 bits per heavy atom. The van der Waals surface area contributed by atoms with Crippen LogP contribution in [-0.2, 0) is 11.2 Å². The molecular weight excluding hydrogens is 260 g/mol. The molecule has 2 heterocycles. The molecule has 1 N–H and O–H groups in total. The largest absolute Gasteiger partial charge is 0.361 e. The van der Waals surface area contributed by atoms with Crippen LogP contribution in [0.1, 0.15) is 36.8 Å². The Kier molecular flexibility index (Phi) is 3.11. The molecule has 0 bridgehead atoms.